The summed E-state index contributed by atoms with van der Waals surface area (Å²) >= 11 is 3.30. The molecule has 0 heterocycles. The van der Waals surface area contributed by atoms with Gasteiger partial charge in [-0.05, 0) is 58.4 Å². The fourth-order valence-electron chi connectivity index (χ4n) is 1.65. The Balaban J connectivity index is 2.28. The lowest BCUT2D eigenvalue weighted by Gasteiger charge is -2.17. The van der Waals surface area contributed by atoms with E-state index in [0.29, 0.717) is 21.4 Å². The molecule has 5 heteroatoms. The van der Waals surface area contributed by atoms with Crippen LogP contribution in [0.2, 0.25) is 0 Å². The fourth-order valence-corrected chi connectivity index (χ4v) is 2.03. The van der Waals surface area contributed by atoms with Gasteiger partial charge in [0, 0.05) is 28.5 Å². The molecule has 0 aliphatic carbocycles. The number of phenolic OH excluding ortho intramolecular Hbond substituents is 1. The van der Waals surface area contributed by atoms with Gasteiger partial charge >= 0.3 is 0 Å². The smallest absolute Gasteiger partial charge is 0.258 e. The Bertz CT molecular complexity index is 611. The molecule has 98 valence electrons. The highest BCUT2D eigenvalue weighted by Crippen LogP contribution is 2.23. The number of benzene rings is 2. The molecule has 0 saturated carbocycles. The summed E-state index contributed by atoms with van der Waals surface area (Å²) in [4.78, 5) is 13.8. The number of rotatable bonds is 2. The molecular weight excluding hydrogens is 308 g/mol. The lowest BCUT2D eigenvalue weighted by Crippen LogP contribution is -2.26. The van der Waals surface area contributed by atoms with Crippen LogP contribution >= 0.6 is 15.9 Å². The summed E-state index contributed by atoms with van der Waals surface area (Å²) in [6, 6.07) is 11.5. The number of nitrogen functional groups attached to an aromatic ring is 1. The van der Waals surface area contributed by atoms with Crippen molar-refractivity contribution in [2.75, 3.05) is 17.7 Å². The molecule has 1 amide bonds. The van der Waals surface area contributed by atoms with Gasteiger partial charge in [0.1, 0.15) is 5.75 Å². The molecule has 19 heavy (non-hydrogen) atoms. The molecular formula is C14H13BrN2O2. The van der Waals surface area contributed by atoms with E-state index in [9.17, 15) is 9.90 Å². The lowest BCUT2D eigenvalue weighted by atomic mass is 10.1. The van der Waals surface area contributed by atoms with Gasteiger partial charge in [-0.15, -0.1) is 0 Å². The summed E-state index contributed by atoms with van der Waals surface area (Å²) in [6.07, 6.45) is 0. The molecule has 0 aliphatic heterocycles. The van der Waals surface area contributed by atoms with Crippen LogP contribution in [0, 0.1) is 0 Å². The average molecular weight is 321 g/mol. The predicted octanol–water partition coefficient (Wildman–Crippen LogP) is 3.01. The van der Waals surface area contributed by atoms with Crippen LogP contribution in [0.25, 0.3) is 0 Å². The Morgan fingerprint density at radius 3 is 2.42 bits per heavy atom. The van der Waals surface area contributed by atoms with Crippen LogP contribution in [0.4, 0.5) is 11.4 Å². The maximum absolute atomic E-state index is 12.3. The predicted molar refractivity (Wildman–Crippen MR) is 79.4 cm³/mol. The summed E-state index contributed by atoms with van der Waals surface area (Å²) in [7, 11) is 1.68. The van der Waals surface area contributed by atoms with E-state index >= 15 is 0 Å². The average Bonchev–Trinajstić information content (AvgIpc) is 2.41. The third kappa shape index (κ3) is 2.88. The zero-order valence-electron chi connectivity index (χ0n) is 10.3. The number of nitrogens with two attached hydrogens (primary N) is 1. The topological polar surface area (TPSA) is 66.6 Å². The van der Waals surface area contributed by atoms with Gasteiger partial charge in [0.2, 0.25) is 0 Å². The van der Waals surface area contributed by atoms with Crippen molar-refractivity contribution >= 4 is 33.2 Å². The Labute approximate surface area is 119 Å². The van der Waals surface area contributed by atoms with Crippen molar-refractivity contribution in [1.29, 1.82) is 0 Å². The number of halogens is 1. The first-order valence-corrected chi connectivity index (χ1v) is 6.40. The molecule has 0 aliphatic rings. The summed E-state index contributed by atoms with van der Waals surface area (Å²) in [6.45, 7) is 0. The van der Waals surface area contributed by atoms with Crippen LogP contribution in [0.5, 0.6) is 5.75 Å². The highest BCUT2D eigenvalue weighted by molar-refractivity contribution is 9.10. The quantitative estimate of drug-likeness (QED) is 0.836. The standard InChI is InChI=1S/C14H13BrN2O2/c1-17(10-3-5-11(18)6-4-10)14(19)9-2-7-13(16)12(15)8-9/h2-8,18H,16H2,1H3. The van der Waals surface area contributed by atoms with Crippen LogP contribution in [-0.4, -0.2) is 18.1 Å². The second-order valence-corrected chi connectivity index (χ2v) is 4.97. The summed E-state index contributed by atoms with van der Waals surface area (Å²) in [5.74, 6) is 0.0196. The minimum absolute atomic E-state index is 0.147. The van der Waals surface area contributed by atoms with Crippen molar-refractivity contribution < 1.29 is 9.90 Å². The van der Waals surface area contributed by atoms with Gasteiger partial charge < -0.3 is 15.7 Å². The number of nitrogens with zero attached hydrogens (tertiary/aromatic N) is 1. The van der Waals surface area contributed by atoms with Crippen LogP contribution in [0.3, 0.4) is 0 Å². The van der Waals surface area contributed by atoms with E-state index in [1.54, 1.807) is 37.4 Å². The molecule has 0 saturated heterocycles. The molecule has 3 N–H and O–H groups in total. The number of aromatic hydroxyl groups is 1. The monoisotopic (exact) mass is 320 g/mol. The van der Waals surface area contributed by atoms with Gasteiger partial charge in [0.25, 0.3) is 5.91 Å². The van der Waals surface area contributed by atoms with Crippen molar-refractivity contribution in [1.82, 2.24) is 0 Å². The number of hydrogen-bond acceptors (Lipinski definition) is 3. The van der Waals surface area contributed by atoms with E-state index < -0.39 is 0 Å². The maximum atomic E-state index is 12.3. The number of carbonyl (C=O) groups is 1. The molecule has 0 fully saturated rings. The second kappa shape index (κ2) is 5.32. The molecule has 0 atom stereocenters. The molecule has 0 aromatic heterocycles. The Hall–Kier alpha value is -2.01. The van der Waals surface area contributed by atoms with Crippen molar-refractivity contribution in [2.45, 2.75) is 0 Å². The van der Waals surface area contributed by atoms with E-state index in [1.807, 2.05) is 0 Å². The summed E-state index contributed by atoms with van der Waals surface area (Å²) in [5.41, 5.74) is 7.52. The third-order valence-electron chi connectivity index (χ3n) is 2.79. The molecule has 0 bridgehead atoms. The van der Waals surface area contributed by atoms with E-state index in [2.05, 4.69) is 15.9 Å². The first-order chi connectivity index (χ1) is 8.99. The third-order valence-corrected chi connectivity index (χ3v) is 3.48. The van der Waals surface area contributed by atoms with E-state index in [0.717, 1.165) is 0 Å². The number of amides is 1. The minimum atomic E-state index is -0.147. The molecule has 0 spiro atoms. The Kier molecular flexibility index (Phi) is 3.76. The number of phenols is 1. The summed E-state index contributed by atoms with van der Waals surface area (Å²) in [5, 5.41) is 9.24. The molecule has 0 unspecified atom stereocenters. The van der Waals surface area contributed by atoms with Gasteiger partial charge in [0.15, 0.2) is 0 Å². The largest absolute Gasteiger partial charge is 0.508 e. The van der Waals surface area contributed by atoms with Gasteiger partial charge in [-0.1, -0.05) is 0 Å². The van der Waals surface area contributed by atoms with Crippen LogP contribution in [0.1, 0.15) is 10.4 Å². The zero-order valence-corrected chi connectivity index (χ0v) is 11.9. The maximum Gasteiger partial charge on any atom is 0.258 e. The van der Waals surface area contributed by atoms with Gasteiger partial charge in [-0.2, -0.15) is 0 Å². The van der Waals surface area contributed by atoms with Crippen LogP contribution < -0.4 is 10.6 Å². The number of anilines is 2. The lowest BCUT2D eigenvalue weighted by molar-refractivity contribution is 0.0993. The van der Waals surface area contributed by atoms with Crippen molar-refractivity contribution in [3.8, 4) is 5.75 Å². The summed E-state index contributed by atoms with van der Waals surface area (Å²) < 4.78 is 0.692. The zero-order chi connectivity index (χ0) is 14.0. The minimum Gasteiger partial charge on any atom is -0.508 e. The number of carbonyl (C=O) groups excluding carboxylic acids is 1. The van der Waals surface area contributed by atoms with Crippen molar-refractivity contribution in [3.63, 3.8) is 0 Å². The van der Waals surface area contributed by atoms with Gasteiger partial charge in [-0.3, -0.25) is 4.79 Å². The van der Waals surface area contributed by atoms with Gasteiger partial charge in [0.05, 0.1) is 0 Å². The first kappa shape index (κ1) is 13.4. The molecule has 4 nitrogen and oxygen atoms in total. The first-order valence-electron chi connectivity index (χ1n) is 5.61. The highest BCUT2D eigenvalue weighted by Gasteiger charge is 2.14. The van der Waals surface area contributed by atoms with E-state index in [4.69, 9.17) is 5.73 Å². The second-order valence-electron chi connectivity index (χ2n) is 4.12. The van der Waals surface area contributed by atoms with Crippen molar-refractivity contribution in [3.05, 3.63) is 52.5 Å². The van der Waals surface area contributed by atoms with E-state index in [1.165, 1.54) is 17.0 Å². The molecule has 2 aromatic rings. The van der Waals surface area contributed by atoms with E-state index in [-0.39, 0.29) is 11.7 Å². The normalized spacial score (nSPS) is 10.2. The van der Waals surface area contributed by atoms with Crippen molar-refractivity contribution in [2.24, 2.45) is 0 Å². The Morgan fingerprint density at radius 1 is 1.21 bits per heavy atom. The Morgan fingerprint density at radius 2 is 1.84 bits per heavy atom. The van der Waals surface area contributed by atoms with Crippen LogP contribution in [0.15, 0.2) is 46.9 Å². The fraction of sp³-hybridized carbons (Fsp3) is 0.0714. The molecule has 2 aromatic carbocycles. The van der Waals surface area contributed by atoms with Crippen LogP contribution in [-0.2, 0) is 0 Å². The SMILES string of the molecule is CN(C(=O)c1ccc(N)c(Br)c1)c1ccc(O)cc1. The number of hydrogen-bond donors (Lipinski definition) is 2. The van der Waals surface area contributed by atoms with Gasteiger partial charge in [-0.25, -0.2) is 0 Å². The molecule has 0 radical (unpaired) electrons. The molecule has 2 rings (SSSR count). The highest BCUT2D eigenvalue weighted by atomic mass is 79.9.